The third-order valence-corrected chi connectivity index (χ3v) is 3.12. The first kappa shape index (κ1) is 13.2. The largest absolute Gasteiger partial charge is 0.488 e. The molecule has 0 spiro atoms. The van der Waals surface area contributed by atoms with Crippen molar-refractivity contribution in [3.05, 3.63) is 28.8 Å². The van der Waals surface area contributed by atoms with Crippen LogP contribution < -0.4 is 10.1 Å². The van der Waals surface area contributed by atoms with Crippen LogP contribution in [0.1, 0.15) is 18.4 Å². The van der Waals surface area contributed by atoms with Crippen LogP contribution >= 0.6 is 11.6 Å². The Balaban J connectivity index is 1.70. The Morgan fingerprint density at radius 3 is 3.17 bits per heavy atom. The summed E-state index contributed by atoms with van der Waals surface area (Å²) in [5, 5.41) is 12.4. The molecule has 4 nitrogen and oxygen atoms in total. The Hall–Kier alpha value is -1.26. The van der Waals surface area contributed by atoms with E-state index in [2.05, 4.69) is 5.32 Å². The van der Waals surface area contributed by atoms with Gasteiger partial charge < -0.3 is 15.2 Å². The maximum absolute atomic E-state index is 10.3. The van der Waals surface area contributed by atoms with Gasteiger partial charge in [-0.15, -0.1) is 0 Å². The van der Waals surface area contributed by atoms with Gasteiger partial charge in [-0.25, -0.2) is 0 Å². The van der Waals surface area contributed by atoms with Gasteiger partial charge in [0.1, 0.15) is 11.9 Å². The minimum absolute atomic E-state index is 0.114. The summed E-state index contributed by atoms with van der Waals surface area (Å²) in [6.45, 7) is 1.43. The van der Waals surface area contributed by atoms with Crippen molar-refractivity contribution in [1.82, 2.24) is 5.32 Å². The Morgan fingerprint density at radius 1 is 1.56 bits per heavy atom. The van der Waals surface area contributed by atoms with E-state index in [0.717, 1.165) is 29.3 Å². The van der Waals surface area contributed by atoms with Gasteiger partial charge in [-0.1, -0.05) is 11.6 Å². The zero-order chi connectivity index (χ0) is 13.0. The minimum Gasteiger partial charge on any atom is -0.488 e. The van der Waals surface area contributed by atoms with Gasteiger partial charge in [0, 0.05) is 24.4 Å². The van der Waals surface area contributed by atoms with Crippen LogP contribution in [0.15, 0.2) is 18.2 Å². The number of carbonyl (C=O) groups is 1. The van der Waals surface area contributed by atoms with Crippen LogP contribution in [0.25, 0.3) is 0 Å². The predicted molar refractivity (Wildman–Crippen MR) is 69.3 cm³/mol. The summed E-state index contributed by atoms with van der Waals surface area (Å²) in [4.78, 5) is 10.3. The number of benzene rings is 1. The fraction of sp³-hybridized carbons (Fsp3) is 0.462. The third kappa shape index (κ3) is 3.62. The molecule has 18 heavy (non-hydrogen) atoms. The molecule has 0 bridgehead atoms. The molecule has 1 aromatic rings. The number of carboxylic acids is 1. The molecule has 0 amide bonds. The monoisotopic (exact) mass is 269 g/mol. The molecule has 0 saturated heterocycles. The van der Waals surface area contributed by atoms with E-state index in [-0.39, 0.29) is 12.5 Å². The molecule has 0 fully saturated rings. The second-order valence-electron chi connectivity index (χ2n) is 4.40. The van der Waals surface area contributed by atoms with Crippen molar-refractivity contribution in [2.45, 2.75) is 25.4 Å². The van der Waals surface area contributed by atoms with Crippen LogP contribution in [-0.2, 0) is 11.2 Å². The van der Waals surface area contributed by atoms with Crippen molar-refractivity contribution >= 4 is 17.6 Å². The molecule has 0 saturated carbocycles. The summed E-state index contributed by atoms with van der Waals surface area (Å²) in [6, 6.07) is 5.65. The molecule has 1 unspecified atom stereocenters. The number of rotatable bonds is 6. The summed E-state index contributed by atoms with van der Waals surface area (Å²) in [5.74, 6) is 0.146. The topological polar surface area (TPSA) is 58.6 Å². The lowest BCUT2D eigenvalue weighted by atomic mass is 10.1. The van der Waals surface area contributed by atoms with Crippen molar-refractivity contribution in [2.75, 3.05) is 13.1 Å². The summed E-state index contributed by atoms with van der Waals surface area (Å²) in [5.41, 5.74) is 1.14. The molecule has 0 aromatic heterocycles. The second kappa shape index (κ2) is 6.07. The number of ether oxygens (including phenoxy) is 1. The second-order valence-corrected chi connectivity index (χ2v) is 4.83. The first-order valence-corrected chi connectivity index (χ1v) is 6.40. The third-order valence-electron chi connectivity index (χ3n) is 2.88. The molecule has 1 aliphatic heterocycles. The normalized spacial score (nSPS) is 17.3. The van der Waals surface area contributed by atoms with Crippen molar-refractivity contribution in [3.63, 3.8) is 0 Å². The van der Waals surface area contributed by atoms with Gasteiger partial charge in [0.15, 0.2) is 0 Å². The van der Waals surface area contributed by atoms with Crippen molar-refractivity contribution in [1.29, 1.82) is 0 Å². The summed E-state index contributed by atoms with van der Waals surface area (Å²) in [7, 11) is 0. The van der Waals surface area contributed by atoms with E-state index in [1.165, 1.54) is 0 Å². The number of nitrogens with one attached hydrogen (secondary N) is 1. The molecule has 1 aliphatic rings. The quantitative estimate of drug-likeness (QED) is 0.777. The Morgan fingerprint density at radius 2 is 2.39 bits per heavy atom. The molecule has 2 N–H and O–H groups in total. The van der Waals surface area contributed by atoms with Gasteiger partial charge in [0.05, 0.1) is 0 Å². The van der Waals surface area contributed by atoms with E-state index in [1.54, 1.807) is 0 Å². The van der Waals surface area contributed by atoms with Crippen LogP contribution in [0.2, 0.25) is 5.02 Å². The first-order chi connectivity index (χ1) is 8.65. The maximum Gasteiger partial charge on any atom is 0.303 e. The zero-order valence-corrected chi connectivity index (χ0v) is 10.7. The highest BCUT2D eigenvalue weighted by molar-refractivity contribution is 6.30. The molecular formula is C13H16ClNO3. The van der Waals surface area contributed by atoms with Crippen molar-refractivity contribution in [3.8, 4) is 5.75 Å². The lowest BCUT2D eigenvalue weighted by Gasteiger charge is -2.11. The van der Waals surface area contributed by atoms with Crippen LogP contribution in [0.5, 0.6) is 5.75 Å². The lowest BCUT2D eigenvalue weighted by Crippen LogP contribution is -2.30. The number of hydrogen-bond donors (Lipinski definition) is 2. The fourth-order valence-electron chi connectivity index (χ4n) is 2.03. The lowest BCUT2D eigenvalue weighted by molar-refractivity contribution is -0.137. The Bertz CT molecular complexity index is 436. The molecule has 0 radical (unpaired) electrons. The van der Waals surface area contributed by atoms with Gasteiger partial charge in [-0.05, 0) is 36.7 Å². The van der Waals surface area contributed by atoms with E-state index in [9.17, 15) is 4.79 Å². The number of carboxylic acid groups (broad SMARTS) is 1. The van der Waals surface area contributed by atoms with Crippen LogP contribution in [0.3, 0.4) is 0 Å². The van der Waals surface area contributed by atoms with E-state index < -0.39 is 5.97 Å². The van der Waals surface area contributed by atoms with E-state index in [1.807, 2.05) is 18.2 Å². The van der Waals surface area contributed by atoms with E-state index >= 15 is 0 Å². The van der Waals surface area contributed by atoms with Gasteiger partial charge in [0.25, 0.3) is 0 Å². The summed E-state index contributed by atoms with van der Waals surface area (Å²) in [6.07, 6.45) is 1.81. The number of aliphatic carboxylic acids is 1. The molecule has 0 aliphatic carbocycles. The van der Waals surface area contributed by atoms with Crippen LogP contribution in [0, 0.1) is 0 Å². The number of hydrogen-bond acceptors (Lipinski definition) is 3. The molecule has 98 valence electrons. The van der Waals surface area contributed by atoms with Gasteiger partial charge in [0.2, 0.25) is 0 Å². The van der Waals surface area contributed by atoms with Gasteiger partial charge in [-0.2, -0.15) is 0 Å². The highest BCUT2D eigenvalue weighted by Gasteiger charge is 2.22. The highest BCUT2D eigenvalue weighted by Crippen LogP contribution is 2.30. The fourth-order valence-corrected chi connectivity index (χ4v) is 2.23. The Kier molecular flexibility index (Phi) is 4.44. The minimum atomic E-state index is -0.754. The molecule has 1 heterocycles. The highest BCUT2D eigenvalue weighted by atomic mass is 35.5. The number of fused-ring (bicyclic) bond motifs is 1. The maximum atomic E-state index is 10.3. The Labute approximate surface area is 111 Å². The summed E-state index contributed by atoms with van der Waals surface area (Å²) < 4.78 is 5.75. The first-order valence-electron chi connectivity index (χ1n) is 6.03. The summed E-state index contributed by atoms with van der Waals surface area (Å²) >= 11 is 5.92. The standard InChI is InChI=1S/C13H16ClNO3/c14-10-3-4-12-9(6-10)7-11(18-12)8-15-5-1-2-13(16)17/h3-4,6,11,15H,1-2,5,7-8H2,(H,16,17). The molecule has 1 atom stereocenters. The average molecular weight is 270 g/mol. The molecule has 5 heteroatoms. The number of halogens is 1. The van der Waals surface area contributed by atoms with Crippen LogP contribution in [0.4, 0.5) is 0 Å². The van der Waals surface area contributed by atoms with Crippen molar-refractivity contribution < 1.29 is 14.6 Å². The SMILES string of the molecule is O=C(O)CCCNCC1Cc2cc(Cl)ccc2O1. The van der Waals surface area contributed by atoms with Gasteiger partial charge in [-0.3, -0.25) is 4.79 Å². The predicted octanol–water partition coefficient (Wildman–Crippen LogP) is 2.10. The molecule has 1 aromatic carbocycles. The average Bonchev–Trinajstić information content (AvgIpc) is 2.70. The van der Waals surface area contributed by atoms with E-state index in [4.69, 9.17) is 21.4 Å². The van der Waals surface area contributed by atoms with E-state index in [0.29, 0.717) is 13.0 Å². The smallest absolute Gasteiger partial charge is 0.303 e. The van der Waals surface area contributed by atoms with Crippen LogP contribution in [-0.4, -0.2) is 30.3 Å². The molecular weight excluding hydrogens is 254 g/mol. The van der Waals surface area contributed by atoms with Gasteiger partial charge >= 0.3 is 5.97 Å². The zero-order valence-electron chi connectivity index (χ0n) is 9.99. The molecule has 2 rings (SSSR count). The van der Waals surface area contributed by atoms with Crippen molar-refractivity contribution in [2.24, 2.45) is 0 Å².